The number of carbonyl (C=O) groups excluding carboxylic acids is 1. The molecule has 1 aromatic carbocycles. The summed E-state index contributed by atoms with van der Waals surface area (Å²) < 4.78 is 10.8. The van der Waals surface area contributed by atoms with E-state index in [-0.39, 0.29) is 0 Å². The molecule has 30 heavy (non-hydrogen) atoms. The molecule has 1 aromatic rings. The van der Waals surface area contributed by atoms with Crippen molar-refractivity contribution in [2.24, 2.45) is 11.8 Å². The van der Waals surface area contributed by atoms with Crippen molar-refractivity contribution < 1.29 is 24.1 Å². The molecule has 0 aromatic heterocycles. The summed E-state index contributed by atoms with van der Waals surface area (Å²) in [6.07, 6.45) is 6.71. The number of quaternary nitrogens is 2. The Balaban J connectivity index is 1.22. The molecule has 1 aliphatic carbocycles. The third-order valence-corrected chi connectivity index (χ3v) is 7.61. The minimum absolute atomic E-state index is 0.386. The number of carbonyl (C=O) groups is 1. The first-order valence-electron chi connectivity index (χ1n) is 11.8. The van der Waals surface area contributed by atoms with Gasteiger partial charge < -0.3 is 24.2 Å². The summed E-state index contributed by atoms with van der Waals surface area (Å²) in [7, 11) is 3.35. The summed E-state index contributed by atoms with van der Waals surface area (Å²) in [6.45, 7) is 8.07. The standard InChI is InChI=1S/C24H37N3O3/c1-29-22-8-7-19(15-23(22)30-2)16-25-11-13-26(14-12-25)18-24(28)27-10-9-20-5-3-4-6-21(20)17-27/h7-8,15,20-21H,3-6,9-14,16-18H2,1-2H3/p+2/t20-,21+/m0/s1. The third-order valence-electron chi connectivity index (χ3n) is 7.61. The van der Waals surface area contributed by atoms with Gasteiger partial charge in [0.2, 0.25) is 0 Å². The molecule has 2 heterocycles. The summed E-state index contributed by atoms with van der Waals surface area (Å²) in [6, 6.07) is 6.21. The maximum atomic E-state index is 12.9. The van der Waals surface area contributed by atoms with Crippen LogP contribution in [0.15, 0.2) is 18.2 Å². The molecule has 4 rings (SSSR count). The Bertz CT molecular complexity index is 718. The molecule has 1 saturated carbocycles. The van der Waals surface area contributed by atoms with E-state index in [0.717, 1.165) is 69.1 Å². The second kappa shape index (κ2) is 10.0. The predicted octanol–water partition coefficient (Wildman–Crippen LogP) is 0.0259. The van der Waals surface area contributed by atoms with Crippen molar-refractivity contribution in [1.82, 2.24) is 4.90 Å². The Morgan fingerprint density at radius 2 is 1.67 bits per heavy atom. The molecule has 0 bridgehead atoms. The first-order chi connectivity index (χ1) is 14.7. The predicted molar refractivity (Wildman–Crippen MR) is 116 cm³/mol. The van der Waals surface area contributed by atoms with E-state index in [9.17, 15) is 4.79 Å². The average Bonchev–Trinajstić information content (AvgIpc) is 2.80. The molecular weight excluding hydrogens is 378 g/mol. The monoisotopic (exact) mass is 417 g/mol. The second-order valence-electron chi connectivity index (χ2n) is 9.48. The number of ether oxygens (including phenoxy) is 2. The number of nitrogens with one attached hydrogen (secondary N) is 2. The van der Waals surface area contributed by atoms with Crippen LogP contribution in [0.2, 0.25) is 0 Å². The highest BCUT2D eigenvalue weighted by Gasteiger charge is 2.34. The number of hydrogen-bond donors (Lipinski definition) is 2. The highest BCUT2D eigenvalue weighted by Crippen LogP contribution is 2.35. The number of rotatable bonds is 6. The molecule has 3 fully saturated rings. The Morgan fingerprint density at radius 1 is 0.967 bits per heavy atom. The average molecular weight is 418 g/mol. The van der Waals surface area contributed by atoms with E-state index in [1.165, 1.54) is 42.6 Å². The van der Waals surface area contributed by atoms with Crippen LogP contribution in [-0.4, -0.2) is 70.8 Å². The molecule has 0 unspecified atom stereocenters. The molecule has 3 aliphatic rings. The van der Waals surface area contributed by atoms with Gasteiger partial charge in [0.1, 0.15) is 32.7 Å². The SMILES string of the molecule is COc1ccc(C[NH+]2CC[NH+](CC(=O)N3CC[C@@H]4CCCC[C@@H]4C3)CC2)cc1OC. The van der Waals surface area contributed by atoms with Crippen LogP contribution in [0.1, 0.15) is 37.7 Å². The molecule has 6 heteroatoms. The van der Waals surface area contributed by atoms with E-state index in [0.29, 0.717) is 12.5 Å². The van der Waals surface area contributed by atoms with E-state index in [2.05, 4.69) is 17.0 Å². The molecule has 2 N–H and O–H groups in total. The lowest BCUT2D eigenvalue weighted by Crippen LogP contribution is -3.28. The molecule has 1 amide bonds. The summed E-state index contributed by atoms with van der Waals surface area (Å²) in [4.78, 5) is 18.1. The Labute approximate surface area is 181 Å². The Kier molecular flexibility index (Phi) is 7.16. The number of piperazine rings is 1. The fourth-order valence-electron chi connectivity index (χ4n) is 5.74. The number of fused-ring (bicyclic) bond motifs is 1. The van der Waals surface area contributed by atoms with E-state index in [4.69, 9.17) is 9.47 Å². The summed E-state index contributed by atoms with van der Waals surface area (Å²) in [5, 5.41) is 0. The lowest BCUT2D eigenvalue weighted by molar-refractivity contribution is -1.02. The maximum Gasteiger partial charge on any atom is 0.277 e. The van der Waals surface area contributed by atoms with Crippen LogP contribution >= 0.6 is 0 Å². The second-order valence-corrected chi connectivity index (χ2v) is 9.48. The highest BCUT2D eigenvalue weighted by atomic mass is 16.5. The number of likely N-dealkylation sites (tertiary alicyclic amines) is 1. The van der Waals surface area contributed by atoms with E-state index < -0.39 is 0 Å². The molecule has 6 nitrogen and oxygen atoms in total. The first kappa shape index (κ1) is 21.4. The molecular formula is C24H39N3O3+2. The van der Waals surface area contributed by atoms with Crippen molar-refractivity contribution in [3.05, 3.63) is 23.8 Å². The zero-order valence-electron chi connectivity index (χ0n) is 18.8. The molecule has 0 spiro atoms. The van der Waals surface area contributed by atoms with Crippen molar-refractivity contribution in [2.45, 2.75) is 38.6 Å². The Morgan fingerprint density at radius 3 is 2.40 bits per heavy atom. The molecule has 2 atom stereocenters. The van der Waals surface area contributed by atoms with Gasteiger partial charge in [-0.15, -0.1) is 0 Å². The van der Waals surface area contributed by atoms with Crippen LogP contribution in [-0.2, 0) is 11.3 Å². The topological polar surface area (TPSA) is 47.7 Å². The largest absolute Gasteiger partial charge is 0.493 e. The minimum Gasteiger partial charge on any atom is -0.493 e. The van der Waals surface area contributed by atoms with E-state index in [1.807, 2.05) is 6.07 Å². The van der Waals surface area contributed by atoms with Gasteiger partial charge in [0.15, 0.2) is 18.0 Å². The quantitative estimate of drug-likeness (QED) is 0.687. The zero-order chi connectivity index (χ0) is 20.9. The van der Waals surface area contributed by atoms with Gasteiger partial charge in [-0.1, -0.05) is 19.3 Å². The minimum atomic E-state index is 0.386. The number of hydrogen-bond acceptors (Lipinski definition) is 3. The van der Waals surface area contributed by atoms with Gasteiger partial charge in [-0.25, -0.2) is 0 Å². The third kappa shape index (κ3) is 5.09. The van der Waals surface area contributed by atoms with Crippen molar-refractivity contribution >= 4 is 5.91 Å². The van der Waals surface area contributed by atoms with Crippen molar-refractivity contribution in [3.63, 3.8) is 0 Å². The summed E-state index contributed by atoms with van der Waals surface area (Å²) in [5.74, 6) is 3.62. The maximum absolute atomic E-state index is 12.9. The van der Waals surface area contributed by atoms with Gasteiger partial charge in [-0.05, 0) is 42.9 Å². The van der Waals surface area contributed by atoms with Gasteiger partial charge in [0, 0.05) is 18.7 Å². The number of nitrogens with zero attached hydrogens (tertiary/aromatic N) is 1. The molecule has 166 valence electrons. The first-order valence-corrected chi connectivity index (χ1v) is 11.8. The molecule has 2 aliphatic heterocycles. The number of piperidine rings is 1. The van der Waals surface area contributed by atoms with Crippen LogP contribution in [0.5, 0.6) is 11.5 Å². The van der Waals surface area contributed by atoms with E-state index >= 15 is 0 Å². The van der Waals surface area contributed by atoms with Crippen molar-refractivity contribution in [2.75, 3.05) is 60.0 Å². The fourth-order valence-corrected chi connectivity index (χ4v) is 5.74. The van der Waals surface area contributed by atoms with Gasteiger partial charge in [0.25, 0.3) is 5.91 Å². The van der Waals surface area contributed by atoms with Crippen LogP contribution < -0.4 is 19.3 Å². The van der Waals surface area contributed by atoms with Gasteiger partial charge in [0.05, 0.1) is 14.2 Å². The smallest absolute Gasteiger partial charge is 0.277 e. The van der Waals surface area contributed by atoms with Gasteiger partial charge >= 0.3 is 0 Å². The van der Waals surface area contributed by atoms with Crippen LogP contribution in [0.4, 0.5) is 0 Å². The number of methoxy groups -OCH3 is 2. The highest BCUT2D eigenvalue weighted by molar-refractivity contribution is 5.77. The lowest BCUT2D eigenvalue weighted by atomic mass is 9.75. The molecule has 2 saturated heterocycles. The van der Waals surface area contributed by atoms with Gasteiger partial charge in [-0.2, -0.15) is 0 Å². The zero-order valence-corrected chi connectivity index (χ0v) is 18.8. The van der Waals surface area contributed by atoms with E-state index in [1.54, 1.807) is 19.1 Å². The summed E-state index contributed by atoms with van der Waals surface area (Å²) in [5.41, 5.74) is 1.28. The number of benzene rings is 1. The van der Waals surface area contributed by atoms with Crippen molar-refractivity contribution in [3.8, 4) is 11.5 Å². The van der Waals surface area contributed by atoms with Crippen LogP contribution in [0.25, 0.3) is 0 Å². The lowest BCUT2D eigenvalue weighted by Gasteiger charge is -2.41. The normalized spacial score (nSPS) is 29.2. The van der Waals surface area contributed by atoms with Crippen LogP contribution in [0, 0.1) is 11.8 Å². The summed E-state index contributed by atoms with van der Waals surface area (Å²) >= 11 is 0. The van der Waals surface area contributed by atoms with Gasteiger partial charge in [-0.3, -0.25) is 4.79 Å². The Hall–Kier alpha value is -1.79. The van der Waals surface area contributed by atoms with Crippen molar-refractivity contribution in [1.29, 1.82) is 0 Å². The number of amides is 1. The fraction of sp³-hybridized carbons (Fsp3) is 0.708. The van der Waals surface area contributed by atoms with Crippen LogP contribution in [0.3, 0.4) is 0 Å². The molecule has 0 radical (unpaired) electrons.